The first kappa shape index (κ1) is 8.81. The molecule has 3 heteroatoms. The lowest BCUT2D eigenvalue weighted by atomic mass is 10.1. The van der Waals surface area contributed by atoms with Gasteiger partial charge in [0.25, 0.3) is 0 Å². The van der Waals surface area contributed by atoms with Crippen molar-refractivity contribution < 1.29 is 0 Å². The summed E-state index contributed by atoms with van der Waals surface area (Å²) in [4.78, 5) is 0. The van der Waals surface area contributed by atoms with Crippen LogP contribution in [0.15, 0.2) is 10.1 Å². The van der Waals surface area contributed by atoms with Gasteiger partial charge in [-0.15, -0.1) is 0 Å². The monoisotopic (exact) mass is 163 g/mol. The highest BCUT2D eigenvalue weighted by Gasteiger charge is 2.05. The molecule has 1 nitrogen and oxygen atoms in total. The third-order valence-corrected chi connectivity index (χ3v) is 1.31. The van der Waals surface area contributed by atoms with E-state index in [9.17, 15) is 0 Å². The Balaban J connectivity index is 4.41. The smallest absolute Gasteiger partial charge is 0.120 e. The molecule has 0 aliphatic carbocycles. The van der Waals surface area contributed by atoms with Crippen LogP contribution in [0.5, 0.6) is 0 Å². The van der Waals surface area contributed by atoms with Crippen molar-refractivity contribution in [2.24, 2.45) is 5.92 Å². The SMILES string of the molecule is CC(C)C(C#N)=C(Cl)Cl. The Labute approximate surface area is 64.9 Å². The first-order valence-electron chi connectivity index (χ1n) is 2.54. The Morgan fingerprint density at radius 2 is 1.89 bits per heavy atom. The van der Waals surface area contributed by atoms with E-state index in [0.29, 0.717) is 5.57 Å². The largest absolute Gasteiger partial charge is 0.193 e. The number of halogens is 2. The molecule has 0 N–H and O–H groups in total. The molecule has 0 aromatic rings. The van der Waals surface area contributed by atoms with Crippen molar-refractivity contribution in [3.8, 4) is 6.07 Å². The molecule has 0 aromatic heterocycles. The fourth-order valence-corrected chi connectivity index (χ4v) is 0.911. The van der Waals surface area contributed by atoms with Gasteiger partial charge in [-0.3, -0.25) is 0 Å². The Bertz CT molecular complexity index is 160. The molecule has 0 fully saturated rings. The molecule has 0 aliphatic heterocycles. The molecule has 0 saturated heterocycles. The second kappa shape index (κ2) is 3.76. The van der Waals surface area contributed by atoms with Crippen LogP contribution >= 0.6 is 23.2 Å². The minimum atomic E-state index is 0.0764. The summed E-state index contributed by atoms with van der Waals surface area (Å²) >= 11 is 10.7. The standard InChI is InChI=1S/C6H7Cl2N/c1-4(2)5(3-9)6(7)8/h4H,1-2H3. The second-order valence-electron chi connectivity index (χ2n) is 1.94. The van der Waals surface area contributed by atoms with E-state index in [1.54, 1.807) is 0 Å². The fraction of sp³-hybridized carbons (Fsp3) is 0.500. The number of hydrogen-bond acceptors (Lipinski definition) is 1. The van der Waals surface area contributed by atoms with Gasteiger partial charge >= 0.3 is 0 Å². The lowest BCUT2D eigenvalue weighted by Gasteiger charge is -1.99. The van der Waals surface area contributed by atoms with Gasteiger partial charge in [-0.05, 0) is 5.92 Å². The third-order valence-electron chi connectivity index (χ3n) is 0.901. The first-order chi connectivity index (χ1) is 4.09. The Morgan fingerprint density at radius 1 is 1.44 bits per heavy atom. The van der Waals surface area contributed by atoms with Gasteiger partial charge in [-0.1, -0.05) is 37.0 Å². The van der Waals surface area contributed by atoms with Gasteiger partial charge in [-0.2, -0.15) is 5.26 Å². The maximum Gasteiger partial charge on any atom is 0.120 e. The van der Waals surface area contributed by atoms with Crippen molar-refractivity contribution in [2.75, 3.05) is 0 Å². The quantitative estimate of drug-likeness (QED) is 0.546. The number of hydrogen-bond donors (Lipinski definition) is 0. The second-order valence-corrected chi connectivity index (χ2v) is 2.89. The Hall–Kier alpha value is -0.190. The van der Waals surface area contributed by atoms with E-state index in [1.165, 1.54) is 0 Å². The molecule has 0 aliphatic rings. The van der Waals surface area contributed by atoms with Crippen molar-refractivity contribution in [1.82, 2.24) is 0 Å². The van der Waals surface area contributed by atoms with Crippen LogP contribution in [0, 0.1) is 17.2 Å². The van der Waals surface area contributed by atoms with Crippen LogP contribution in [0.25, 0.3) is 0 Å². The zero-order valence-electron chi connectivity index (χ0n) is 5.28. The number of nitriles is 1. The van der Waals surface area contributed by atoms with Crippen LogP contribution < -0.4 is 0 Å². The van der Waals surface area contributed by atoms with Gasteiger partial charge in [0.1, 0.15) is 4.49 Å². The number of allylic oxidation sites excluding steroid dienone is 1. The molecule has 0 bridgehead atoms. The molecule has 0 unspecified atom stereocenters. The van der Waals surface area contributed by atoms with E-state index in [0.717, 1.165) is 0 Å². The van der Waals surface area contributed by atoms with E-state index < -0.39 is 0 Å². The molecule has 0 atom stereocenters. The minimum absolute atomic E-state index is 0.0764. The van der Waals surface area contributed by atoms with Crippen LogP contribution in [-0.2, 0) is 0 Å². The van der Waals surface area contributed by atoms with Gasteiger partial charge in [0.2, 0.25) is 0 Å². The summed E-state index contributed by atoms with van der Waals surface area (Å²) in [6, 6.07) is 1.92. The van der Waals surface area contributed by atoms with Crippen LogP contribution in [0.2, 0.25) is 0 Å². The Morgan fingerprint density at radius 3 is 1.89 bits per heavy atom. The lowest BCUT2D eigenvalue weighted by Crippen LogP contribution is -1.90. The minimum Gasteiger partial charge on any atom is -0.193 e. The summed E-state index contributed by atoms with van der Waals surface area (Å²) in [5.41, 5.74) is 0.443. The summed E-state index contributed by atoms with van der Waals surface area (Å²) in [5.74, 6) is 0.111. The number of nitrogens with zero attached hydrogens (tertiary/aromatic N) is 1. The summed E-state index contributed by atoms with van der Waals surface area (Å²) < 4.78 is 0.0764. The molecule has 0 saturated carbocycles. The maximum atomic E-state index is 8.39. The predicted molar refractivity (Wildman–Crippen MR) is 39.2 cm³/mol. The van der Waals surface area contributed by atoms with E-state index in [1.807, 2.05) is 19.9 Å². The van der Waals surface area contributed by atoms with Crippen LogP contribution in [0.4, 0.5) is 0 Å². The molecule has 0 aromatic carbocycles. The number of rotatable bonds is 1. The molecule has 0 heterocycles. The zero-order chi connectivity index (χ0) is 7.44. The summed E-state index contributed by atoms with van der Waals surface area (Å²) in [7, 11) is 0. The average Bonchev–Trinajstić information content (AvgIpc) is 1.64. The molecule has 50 valence electrons. The highest BCUT2D eigenvalue weighted by Crippen LogP contribution is 2.19. The van der Waals surface area contributed by atoms with E-state index in [2.05, 4.69) is 0 Å². The molecular weight excluding hydrogens is 157 g/mol. The zero-order valence-corrected chi connectivity index (χ0v) is 6.79. The predicted octanol–water partition coefficient (Wildman–Crippen LogP) is 2.86. The van der Waals surface area contributed by atoms with Crippen LogP contribution in [0.3, 0.4) is 0 Å². The summed E-state index contributed by atoms with van der Waals surface area (Å²) in [5, 5.41) is 8.39. The van der Waals surface area contributed by atoms with Crippen LogP contribution in [0.1, 0.15) is 13.8 Å². The van der Waals surface area contributed by atoms with Gasteiger partial charge < -0.3 is 0 Å². The molecule has 0 rings (SSSR count). The molecular formula is C6H7Cl2N. The van der Waals surface area contributed by atoms with Crippen LogP contribution in [-0.4, -0.2) is 0 Å². The normalized spacial score (nSPS) is 8.89. The highest BCUT2D eigenvalue weighted by molar-refractivity contribution is 6.56. The van der Waals surface area contributed by atoms with Gasteiger partial charge in [0.15, 0.2) is 0 Å². The first-order valence-corrected chi connectivity index (χ1v) is 3.30. The van der Waals surface area contributed by atoms with Gasteiger partial charge in [-0.25, -0.2) is 0 Å². The molecule has 0 spiro atoms. The lowest BCUT2D eigenvalue weighted by molar-refractivity contribution is 0.796. The van der Waals surface area contributed by atoms with Crippen molar-refractivity contribution in [2.45, 2.75) is 13.8 Å². The van der Waals surface area contributed by atoms with E-state index in [4.69, 9.17) is 28.5 Å². The van der Waals surface area contributed by atoms with E-state index >= 15 is 0 Å². The van der Waals surface area contributed by atoms with Gasteiger partial charge in [0, 0.05) is 0 Å². The van der Waals surface area contributed by atoms with Crippen molar-refractivity contribution in [1.29, 1.82) is 5.26 Å². The molecule has 0 amide bonds. The van der Waals surface area contributed by atoms with Crippen molar-refractivity contribution in [3.63, 3.8) is 0 Å². The van der Waals surface area contributed by atoms with Crippen molar-refractivity contribution in [3.05, 3.63) is 10.1 Å². The van der Waals surface area contributed by atoms with Gasteiger partial charge in [0.05, 0.1) is 11.6 Å². The average molecular weight is 164 g/mol. The Kier molecular flexibility index (Phi) is 3.68. The van der Waals surface area contributed by atoms with Crippen molar-refractivity contribution >= 4 is 23.2 Å². The highest BCUT2D eigenvalue weighted by atomic mass is 35.5. The topological polar surface area (TPSA) is 23.8 Å². The molecule has 0 radical (unpaired) electrons. The summed E-state index contributed by atoms with van der Waals surface area (Å²) in [6.45, 7) is 3.73. The third kappa shape index (κ3) is 2.74. The molecule has 9 heavy (non-hydrogen) atoms. The summed E-state index contributed by atoms with van der Waals surface area (Å²) in [6.07, 6.45) is 0. The van der Waals surface area contributed by atoms with E-state index in [-0.39, 0.29) is 10.4 Å². The fourth-order valence-electron chi connectivity index (χ4n) is 0.390. The maximum absolute atomic E-state index is 8.39.